The Morgan fingerprint density at radius 3 is 2.57 bits per heavy atom. The summed E-state index contributed by atoms with van der Waals surface area (Å²) < 4.78 is 4.49. The molecule has 0 aliphatic heterocycles. The molecule has 0 amide bonds. The van der Waals surface area contributed by atoms with Crippen LogP contribution in [0.5, 0.6) is 0 Å². The van der Waals surface area contributed by atoms with E-state index in [2.05, 4.69) is 21.6 Å². The van der Waals surface area contributed by atoms with Gasteiger partial charge >= 0.3 is 0 Å². The third-order valence-corrected chi connectivity index (χ3v) is 0.570. The largest absolute Gasteiger partial charge is 0.339 e. The molecule has 0 saturated carbocycles. The highest BCUT2D eigenvalue weighted by molar-refractivity contribution is 4.84. The Kier molecular flexibility index (Phi) is 0.817. The Labute approximate surface area is 41.3 Å². The third kappa shape index (κ3) is 0.765. The van der Waals surface area contributed by atoms with Crippen molar-refractivity contribution < 1.29 is 4.52 Å². The molecule has 0 bridgehead atoms. The summed E-state index contributed by atoms with van der Waals surface area (Å²) in [6.45, 7) is 5.15. The minimum absolute atomic E-state index is 0.373. The second-order valence-corrected chi connectivity index (χ2v) is 1.24. The van der Waals surface area contributed by atoms with E-state index in [1.165, 1.54) is 0 Å². The molecule has 0 spiro atoms. The molecule has 1 aromatic rings. The quantitative estimate of drug-likeness (QED) is 0.474. The lowest BCUT2D eigenvalue weighted by atomic mass is 10.7. The number of hydrogen-bond acceptors (Lipinski definition) is 3. The van der Waals surface area contributed by atoms with E-state index in [0.717, 1.165) is 0 Å². The van der Waals surface area contributed by atoms with Crippen LogP contribution in [0.1, 0.15) is 11.7 Å². The monoisotopic (exact) mass is 97.0 g/mol. The molecule has 1 heterocycles. The highest BCUT2D eigenvalue weighted by Crippen LogP contribution is 1.89. The van der Waals surface area contributed by atoms with Gasteiger partial charge in [-0.1, -0.05) is 5.16 Å². The van der Waals surface area contributed by atoms with Crippen molar-refractivity contribution in [3.05, 3.63) is 18.6 Å². The van der Waals surface area contributed by atoms with Crippen molar-refractivity contribution >= 4 is 0 Å². The van der Waals surface area contributed by atoms with Crippen molar-refractivity contribution in [2.45, 2.75) is 6.92 Å². The van der Waals surface area contributed by atoms with Crippen LogP contribution < -0.4 is 0 Å². The Morgan fingerprint density at radius 1 is 1.71 bits per heavy atom. The lowest BCUT2D eigenvalue weighted by Gasteiger charge is -1.64. The minimum Gasteiger partial charge on any atom is -0.339 e. The number of hydrogen-bond donors (Lipinski definition) is 0. The fourth-order valence-corrected chi connectivity index (χ4v) is 0.340. The SMILES string of the molecule is [CH2]c1nc(C)no1. The van der Waals surface area contributed by atoms with Crippen LogP contribution in [0, 0.1) is 13.8 Å². The first-order chi connectivity index (χ1) is 3.29. The molecule has 1 rings (SSSR count). The van der Waals surface area contributed by atoms with Crippen LogP contribution in [0.4, 0.5) is 0 Å². The average Bonchev–Trinajstić information content (AvgIpc) is 1.87. The van der Waals surface area contributed by atoms with Gasteiger partial charge in [0.2, 0.25) is 5.89 Å². The maximum Gasteiger partial charge on any atom is 0.227 e. The summed E-state index contributed by atoms with van der Waals surface area (Å²) in [6, 6.07) is 0. The molecule has 0 N–H and O–H groups in total. The molecule has 0 aliphatic rings. The van der Waals surface area contributed by atoms with E-state index in [-0.39, 0.29) is 0 Å². The predicted molar refractivity (Wildman–Crippen MR) is 23.5 cm³/mol. The summed E-state index contributed by atoms with van der Waals surface area (Å²) in [6.07, 6.45) is 0. The molecule has 0 unspecified atom stereocenters. The fraction of sp³-hybridized carbons (Fsp3) is 0.250. The zero-order valence-corrected chi connectivity index (χ0v) is 4.01. The first-order valence-electron chi connectivity index (χ1n) is 1.91. The molecule has 7 heavy (non-hydrogen) atoms. The Hall–Kier alpha value is -0.860. The van der Waals surface area contributed by atoms with Crippen molar-refractivity contribution in [1.82, 2.24) is 10.1 Å². The first kappa shape index (κ1) is 4.30. The molecule has 0 aromatic carbocycles. The first-order valence-corrected chi connectivity index (χ1v) is 1.91. The molecule has 1 radical (unpaired) electrons. The standard InChI is InChI=1S/C4H5N2O/c1-3-5-4(2)7-6-3/h2H2,1H3. The summed E-state index contributed by atoms with van der Waals surface area (Å²) in [5.41, 5.74) is 0. The van der Waals surface area contributed by atoms with Crippen LogP contribution in [0.2, 0.25) is 0 Å². The highest BCUT2D eigenvalue weighted by Gasteiger charge is 1.90. The second kappa shape index (κ2) is 1.33. The van der Waals surface area contributed by atoms with Crippen LogP contribution >= 0.6 is 0 Å². The molecule has 0 fully saturated rings. The van der Waals surface area contributed by atoms with Gasteiger partial charge in [-0.3, -0.25) is 0 Å². The lowest BCUT2D eigenvalue weighted by Crippen LogP contribution is -1.70. The van der Waals surface area contributed by atoms with Crippen LogP contribution in [0.25, 0.3) is 0 Å². The molecule has 37 valence electrons. The number of nitrogens with zero attached hydrogens (tertiary/aromatic N) is 2. The van der Waals surface area contributed by atoms with Gasteiger partial charge in [0, 0.05) is 6.92 Å². The topological polar surface area (TPSA) is 38.9 Å². The van der Waals surface area contributed by atoms with E-state index in [0.29, 0.717) is 11.7 Å². The van der Waals surface area contributed by atoms with Crippen LogP contribution in [0.15, 0.2) is 4.52 Å². The molecule has 0 saturated heterocycles. The van der Waals surface area contributed by atoms with E-state index in [1.807, 2.05) is 0 Å². The van der Waals surface area contributed by atoms with Crippen molar-refractivity contribution in [2.75, 3.05) is 0 Å². The Morgan fingerprint density at radius 2 is 2.43 bits per heavy atom. The van der Waals surface area contributed by atoms with Gasteiger partial charge in [-0.05, 0) is 6.92 Å². The van der Waals surface area contributed by atoms with Crippen molar-refractivity contribution in [1.29, 1.82) is 0 Å². The molecule has 3 heteroatoms. The smallest absolute Gasteiger partial charge is 0.227 e. The number of rotatable bonds is 0. The molecular formula is C4H5N2O. The van der Waals surface area contributed by atoms with Crippen molar-refractivity contribution in [3.63, 3.8) is 0 Å². The van der Waals surface area contributed by atoms with Crippen LogP contribution in [-0.2, 0) is 0 Å². The van der Waals surface area contributed by atoms with E-state index in [1.54, 1.807) is 6.92 Å². The van der Waals surface area contributed by atoms with E-state index in [9.17, 15) is 0 Å². The lowest BCUT2D eigenvalue weighted by molar-refractivity contribution is 0.399. The van der Waals surface area contributed by atoms with Gasteiger partial charge in [-0.15, -0.1) is 0 Å². The highest BCUT2D eigenvalue weighted by atomic mass is 16.5. The number of aromatic nitrogens is 2. The molecular weight excluding hydrogens is 92.1 g/mol. The number of aryl methyl sites for hydroxylation is 1. The third-order valence-electron chi connectivity index (χ3n) is 0.570. The normalized spacial score (nSPS) is 9.43. The summed E-state index contributed by atoms with van der Waals surface area (Å²) in [7, 11) is 0. The molecule has 1 aromatic heterocycles. The second-order valence-electron chi connectivity index (χ2n) is 1.24. The summed E-state index contributed by atoms with van der Waals surface area (Å²) >= 11 is 0. The van der Waals surface area contributed by atoms with E-state index < -0.39 is 0 Å². The molecule has 3 nitrogen and oxygen atoms in total. The summed E-state index contributed by atoms with van der Waals surface area (Å²) in [4.78, 5) is 3.72. The van der Waals surface area contributed by atoms with E-state index >= 15 is 0 Å². The van der Waals surface area contributed by atoms with Crippen LogP contribution in [0.3, 0.4) is 0 Å². The van der Waals surface area contributed by atoms with Gasteiger partial charge < -0.3 is 4.52 Å². The van der Waals surface area contributed by atoms with Gasteiger partial charge in [-0.25, -0.2) is 0 Å². The average molecular weight is 97.1 g/mol. The van der Waals surface area contributed by atoms with Crippen LogP contribution in [-0.4, -0.2) is 10.1 Å². The maximum absolute atomic E-state index is 4.49. The zero-order valence-electron chi connectivity index (χ0n) is 4.01. The minimum atomic E-state index is 0.373. The fourth-order valence-electron chi connectivity index (χ4n) is 0.340. The predicted octanol–water partition coefficient (Wildman–Crippen LogP) is 0.560. The van der Waals surface area contributed by atoms with Gasteiger partial charge in [0.15, 0.2) is 5.82 Å². The van der Waals surface area contributed by atoms with Crippen molar-refractivity contribution in [3.8, 4) is 0 Å². The van der Waals surface area contributed by atoms with E-state index in [4.69, 9.17) is 0 Å². The van der Waals surface area contributed by atoms with Crippen molar-refractivity contribution in [2.24, 2.45) is 0 Å². The summed E-state index contributed by atoms with van der Waals surface area (Å²) in [5, 5.41) is 3.47. The van der Waals surface area contributed by atoms with Gasteiger partial charge in [0.05, 0.1) is 0 Å². The summed E-state index contributed by atoms with van der Waals surface area (Å²) in [5.74, 6) is 1.00. The maximum atomic E-state index is 4.49. The van der Waals surface area contributed by atoms with Gasteiger partial charge in [0.1, 0.15) is 0 Å². The van der Waals surface area contributed by atoms with Gasteiger partial charge in [-0.2, -0.15) is 4.98 Å². The Bertz CT molecular complexity index is 142. The van der Waals surface area contributed by atoms with Gasteiger partial charge in [0.25, 0.3) is 0 Å². The molecule has 0 aliphatic carbocycles. The molecule has 0 atom stereocenters. The Balaban J connectivity index is 3.04. The zero-order chi connectivity index (χ0) is 5.28.